The van der Waals surface area contributed by atoms with Gasteiger partial charge >= 0.3 is 0 Å². The van der Waals surface area contributed by atoms with Crippen LogP contribution in [-0.4, -0.2) is 51.5 Å². The number of nitrogens with zero attached hydrogens (tertiary/aromatic N) is 1. The van der Waals surface area contributed by atoms with Crippen LogP contribution in [0, 0.1) is 5.92 Å². The zero-order valence-electron chi connectivity index (χ0n) is 15.1. The first-order valence-corrected chi connectivity index (χ1v) is 9.02. The summed E-state index contributed by atoms with van der Waals surface area (Å²) in [6.45, 7) is 10.9. The molecule has 0 aromatic carbocycles. The fourth-order valence-corrected chi connectivity index (χ4v) is 2.40. The largest absolute Gasteiger partial charge is 0.379 e. The maximum absolute atomic E-state index is 5.54. The average molecular weight is 441 g/mol. The number of hydrogen-bond donors (Lipinski definition) is 2. The van der Waals surface area contributed by atoms with Gasteiger partial charge in [-0.3, -0.25) is 4.99 Å². The van der Waals surface area contributed by atoms with Gasteiger partial charge in [0.1, 0.15) is 0 Å². The molecule has 0 aromatic rings. The zero-order valence-corrected chi connectivity index (χ0v) is 17.4. The molecule has 2 unspecified atom stereocenters. The molecular formula is C17H36IN3O2. The fraction of sp³-hybridized carbons (Fsp3) is 0.941. The quantitative estimate of drug-likeness (QED) is 0.200. The Morgan fingerprint density at radius 2 is 1.78 bits per heavy atom. The molecule has 1 saturated carbocycles. The highest BCUT2D eigenvalue weighted by Gasteiger charge is 2.36. The minimum Gasteiger partial charge on any atom is -0.379 e. The van der Waals surface area contributed by atoms with Gasteiger partial charge in [-0.1, -0.05) is 26.7 Å². The Morgan fingerprint density at radius 3 is 2.43 bits per heavy atom. The number of aliphatic imine (C=N–C) groups is 1. The number of guanidine groups is 1. The molecule has 5 nitrogen and oxygen atoms in total. The number of rotatable bonds is 13. The van der Waals surface area contributed by atoms with Gasteiger partial charge in [0.2, 0.25) is 0 Å². The Balaban J connectivity index is 0.00000484. The third-order valence-corrected chi connectivity index (χ3v) is 3.77. The number of unbranched alkanes of at least 4 members (excludes halogenated alkanes) is 1. The molecule has 2 atom stereocenters. The first-order valence-electron chi connectivity index (χ1n) is 9.02. The Morgan fingerprint density at radius 1 is 1.04 bits per heavy atom. The molecular weight excluding hydrogens is 405 g/mol. The molecule has 0 aromatic heterocycles. The Labute approximate surface area is 159 Å². The molecule has 2 N–H and O–H groups in total. The van der Waals surface area contributed by atoms with Gasteiger partial charge in [-0.05, 0) is 32.1 Å². The molecule has 1 aliphatic rings. The maximum atomic E-state index is 5.54. The summed E-state index contributed by atoms with van der Waals surface area (Å²) in [6, 6.07) is 0.616. The van der Waals surface area contributed by atoms with Crippen LogP contribution in [0.2, 0.25) is 0 Å². The van der Waals surface area contributed by atoms with Crippen LogP contribution in [0.1, 0.15) is 52.9 Å². The molecule has 1 aliphatic carbocycles. The molecule has 23 heavy (non-hydrogen) atoms. The third kappa shape index (κ3) is 12.0. The van der Waals surface area contributed by atoms with E-state index >= 15 is 0 Å². The van der Waals surface area contributed by atoms with Crippen LogP contribution in [0.15, 0.2) is 4.99 Å². The molecule has 0 amide bonds. The summed E-state index contributed by atoms with van der Waals surface area (Å²) >= 11 is 0. The lowest BCUT2D eigenvalue weighted by molar-refractivity contribution is 0.0497. The van der Waals surface area contributed by atoms with Crippen molar-refractivity contribution >= 4 is 29.9 Å². The normalized spacial score (nSPS) is 20.0. The molecule has 0 saturated heterocycles. The van der Waals surface area contributed by atoms with Crippen molar-refractivity contribution in [1.82, 2.24) is 10.6 Å². The van der Waals surface area contributed by atoms with Crippen LogP contribution < -0.4 is 10.6 Å². The van der Waals surface area contributed by atoms with E-state index < -0.39 is 0 Å². The van der Waals surface area contributed by atoms with E-state index in [0.717, 1.165) is 31.4 Å². The predicted molar refractivity (Wildman–Crippen MR) is 108 cm³/mol. The van der Waals surface area contributed by atoms with E-state index in [9.17, 15) is 0 Å². The predicted octanol–water partition coefficient (Wildman–Crippen LogP) is 3.18. The van der Waals surface area contributed by atoms with E-state index in [0.29, 0.717) is 32.4 Å². The lowest BCUT2D eigenvalue weighted by Crippen LogP contribution is -2.39. The van der Waals surface area contributed by atoms with Crippen molar-refractivity contribution in [2.24, 2.45) is 10.9 Å². The van der Waals surface area contributed by atoms with Crippen molar-refractivity contribution in [1.29, 1.82) is 0 Å². The van der Waals surface area contributed by atoms with Crippen molar-refractivity contribution in [2.45, 2.75) is 58.9 Å². The van der Waals surface area contributed by atoms with Gasteiger partial charge in [0.15, 0.2) is 5.96 Å². The Kier molecular flexibility index (Phi) is 15.4. The van der Waals surface area contributed by atoms with E-state index in [1.54, 1.807) is 0 Å². The Bertz CT molecular complexity index is 304. The zero-order chi connectivity index (χ0) is 16.0. The number of hydrogen-bond acceptors (Lipinski definition) is 3. The van der Waals surface area contributed by atoms with Crippen molar-refractivity contribution in [3.63, 3.8) is 0 Å². The first-order chi connectivity index (χ1) is 10.8. The van der Waals surface area contributed by atoms with Crippen LogP contribution >= 0.6 is 24.0 Å². The molecule has 138 valence electrons. The van der Waals surface area contributed by atoms with Crippen molar-refractivity contribution in [3.05, 3.63) is 0 Å². The second-order valence-corrected chi connectivity index (χ2v) is 5.87. The monoisotopic (exact) mass is 441 g/mol. The van der Waals surface area contributed by atoms with E-state index in [2.05, 4.69) is 36.4 Å². The standard InChI is InChI=1S/C17H35N3O2.HI/c1-4-7-10-21-12-13-22-11-9-19-17(18-6-3)20-16-14-15(16)8-5-2;/h15-16H,4-14H2,1-3H3,(H2,18,19,20);1H. The molecule has 1 fully saturated rings. The lowest BCUT2D eigenvalue weighted by Gasteiger charge is -2.11. The van der Waals surface area contributed by atoms with Crippen molar-refractivity contribution in [2.75, 3.05) is 39.5 Å². The summed E-state index contributed by atoms with van der Waals surface area (Å²) in [7, 11) is 0. The van der Waals surface area contributed by atoms with Gasteiger partial charge in [0.05, 0.1) is 26.4 Å². The second-order valence-electron chi connectivity index (χ2n) is 5.87. The van der Waals surface area contributed by atoms with Gasteiger partial charge in [-0.25, -0.2) is 0 Å². The van der Waals surface area contributed by atoms with E-state index in [1.807, 2.05) is 0 Å². The van der Waals surface area contributed by atoms with Crippen molar-refractivity contribution < 1.29 is 9.47 Å². The Hall–Kier alpha value is -0.0800. The summed E-state index contributed by atoms with van der Waals surface area (Å²) < 4.78 is 11.0. The van der Waals surface area contributed by atoms with Crippen LogP contribution in [0.4, 0.5) is 0 Å². The number of ether oxygens (including phenoxy) is 2. The smallest absolute Gasteiger partial charge is 0.191 e. The maximum Gasteiger partial charge on any atom is 0.191 e. The summed E-state index contributed by atoms with van der Waals surface area (Å²) in [6.07, 6.45) is 6.17. The number of nitrogens with one attached hydrogen (secondary N) is 2. The highest BCUT2D eigenvalue weighted by molar-refractivity contribution is 14.0. The summed E-state index contributed by atoms with van der Waals surface area (Å²) in [5, 5.41) is 6.81. The van der Waals surface area contributed by atoms with Crippen molar-refractivity contribution in [3.8, 4) is 0 Å². The fourth-order valence-electron chi connectivity index (χ4n) is 2.40. The van der Waals surface area contributed by atoms with Gasteiger partial charge in [-0.15, -0.1) is 24.0 Å². The summed E-state index contributed by atoms with van der Waals surface area (Å²) in [5.74, 6) is 1.76. The van der Waals surface area contributed by atoms with Gasteiger partial charge in [0.25, 0.3) is 0 Å². The van der Waals surface area contributed by atoms with E-state index in [-0.39, 0.29) is 24.0 Å². The minimum absolute atomic E-state index is 0. The molecule has 1 rings (SSSR count). The molecule has 0 radical (unpaired) electrons. The van der Waals surface area contributed by atoms with E-state index in [4.69, 9.17) is 9.47 Å². The van der Waals surface area contributed by atoms with E-state index in [1.165, 1.54) is 25.7 Å². The lowest BCUT2D eigenvalue weighted by atomic mass is 10.2. The third-order valence-electron chi connectivity index (χ3n) is 3.77. The highest BCUT2D eigenvalue weighted by atomic mass is 127. The van der Waals surface area contributed by atoms with Crippen LogP contribution in [0.5, 0.6) is 0 Å². The highest BCUT2D eigenvalue weighted by Crippen LogP contribution is 2.34. The molecule has 0 heterocycles. The topological polar surface area (TPSA) is 54.9 Å². The van der Waals surface area contributed by atoms with Gasteiger partial charge in [-0.2, -0.15) is 0 Å². The van der Waals surface area contributed by atoms with Crippen LogP contribution in [0.3, 0.4) is 0 Å². The van der Waals surface area contributed by atoms with Crippen LogP contribution in [0.25, 0.3) is 0 Å². The minimum atomic E-state index is 0. The first kappa shape index (κ1) is 22.9. The SMILES string of the molecule is CCCCOCCOCCN=C(NCC)NC1CC1CCC.I. The molecule has 0 bridgehead atoms. The molecule has 6 heteroatoms. The number of halogens is 1. The summed E-state index contributed by atoms with van der Waals surface area (Å²) in [4.78, 5) is 4.56. The summed E-state index contributed by atoms with van der Waals surface area (Å²) in [5.41, 5.74) is 0. The molecule has 0 spiro atoms. The van der Waals surface area contributed by atoms with Gasteiger partial charge < -0.3 is 20.1 Å². The van der Waals surface area contributed by atoms with Gasteiger partial charge in [0, 0.05) is 19.2 Å². The second kappa shape index (κ2) is 15.4. The average Bonchev–Trinajstić information content (AvgIpc) is 3.24. The van der Waals surface area contributed by atoms with Crippen LogP contribution in [-0.2, 0) is 9.47 Å². The molecule has 0 aliphatic heterocycles.